The summed E-state index contributed by atoms with van der Waals surface area (Å²) in [6.45, 7) is 6.12. The third-order valence-corrected chi connectivity index (χ3v) is 3.67. The molecule has 1 aliphatic heterocycles. The summed E-state index contributed by atoms with van der Waals surface area (Å²) in [5.74, 6) is 0.0454. The van der Waals surface area contributed by atoms with Crippen LogP contribution in [-0.4, -0.2) is 28.1 Å². The van der Waals surface area contributed by atoms with Crippen molar-refractivity contribution in [3.8, 4) is 0 Å². The van der Waals surface area contributed by atoms with E-state index >= 15 is 0 Å². The molecule has 1 saturated heterocycles. The van der Waals surface area contributed by atoms with Crippen molar-refractivity contribution in [2.24, 2.45) is 5.92 Å². The Morgan fingerprint density at radius 2 is 2.31 bits per heavy atom. The van der Waals surface area contributed by atoms with E-state index in [4.69, 9.17) is 0 Å². The highest BCUT2D eigenvalue weighted by molar-refractivity contribution is 5.76. The Kier molecular flexibility index (Phi) is 2.66. The van der Waals surface area contributed by atoms with Crippen molar-refractivity contribution in [2.45, 2.75) is 39.2 Å². The highest BCUT2D eigenvalue weighted by Gasteiger charge is 2.42. The van der Waals surface area contributed by atoms with Crippen molar-refractivity contribution in [3.05, 3.63) is 23.4 Å². The Morgan fingerprint density at radius 3 is 2.94 bits per heavy atom. The van der Waals surface area contributed by atoms with Gasteiger partial charge >= 0.3 is 0 Å². The average molecular weight is 221 g/mol. The number of allylic oxidation sites excluding steroid dienone is 2. The van der Waals surface area contributed by atoms with Gasteiger partial charge in [-0.3, -0.25) is 4.79 Å². The van der Waals surface area contributed by atoms with Gasteiger partial charge in [0.15, 0.2) is 0 Å². The molecule has 0 unspecified atom stereocenters. The first kappa shape index (κ1) is 11.4. The van der Waals surface area contributed by atoms with Gasteiger partial charge in [0.1, 0.15) is 0 Å². The second kappa shape index (κ2) is 3.74. The van der Waals surface area contributed by atoms with Crippen LogP contribution in [0.2, 0.25) is 0 Å². The SMILES string of the molecule is CC(=O)N1CC[C@@](C)(O)[C@@H]2C=CCC(C)=C21. The zero-order valence-corrected chi connectivity index (χ0v) is 10.2. The number of aliphatic hydroxyl groups is 1. The molecule has 1 aliphatic carbocycles. The summed E-state index contributed by atoms with van der Waals surface area (Å²) in [5.41, 5.74) is 1.49. The summed E-state index contributed by atoms with van der Waals surface area (Å²) in [4.78, 5) is 13.4. The fourth-order valence-electron chi connectivity index (χ4n) is 2.68. The molecule has 3 heteroatoms. The van der Waals surface area contributed by atoms with Crippen LogP contribution in [0.25, 0.3) is 0 Å². The maximum Gasteiger partial charge on any atom is 0.223 e. The largest absolute Gasteiger partial charge is 0.389 e. The smallest absolute Gasteiger partial charge is 0.223 e. The van der Waals surface area contributed by atoms with E-state index in [0.29, 0.717) is 13.0 Å². The molecule has 1 fully saturated rings. The van der Waals surface area contributed by atoms with E-state index in [9.17, 15) is 9.90 Å². The van der Waals surface area contributed by atoms with Crippen LogP contribution in [0.1, 0.15) is 33.6 Å². The van der Waals surface area contributed by atoms with Gasteiger partial charge < -0.3 is 10.0 Å². The molecule has 0 bridgehead atoms. The highest BCUT2D eigenvalue weighted by Crippen LogP contribution is 2.40. The number of nitrogens with zero attached hydrogens (tertiary/aromatic N) is 1. The number of fused-ring (bicyclic) bond motifs is 1. The molecular formula is C13H19NO2. The van der Waals surface area contributed by atoms with Gasteiger partial charge in [0.05, 0.1) is 5.60 Å². The number of hydrogen-bond acceptors (Lipinski definition) is 2. The fraction of sp³-hybridized carbons (Fsp3) is 0.615. The second-order valence-corrected chi connectivity index (χ2v) is 5.05. The van der Waals surface area contributed by atoms with Crippen LogP contribution in [0.4, 0.5) is 0 Å². The Hall–Kier alpha value is -1.09. The average Bonchev–Trinajstić information content (AvgIpc) is 2.18. The van der Waals surface area contributed by atoms with Crippen LogP contribution in [0.3, 0.4) is 0 Å². The van der Waals surface area contributed by atoms with Crippen molar-refractivity contribution < 1.29 is 9.90 Å². The molecule has 2 rings (SSSR count). The molecule has 0 saturated carbocycles. The maximum absolute atomic E-state index is 11.6. The number of rotatable bonds is 0. The maximum atomic E-state index is 11.6. The van der Waals surface area contributed by atoms with Gasteiger partial charge in [-0.15, -0.1) is 0 Å². The lowest BCUT2D eigenvalue weighted by molar-refractivity contribution is -0.130. The monoisotopic (exact) mass is 221 g/mol. The Morgan fingerprint density at radius 1 is 1.62 bits per heavy atom. The van der Waals surface area contributed by atoms with Gasteiger partial charge in [0, 0.05) is 25.1 Å². The van der Waals surface area contributed by atoms with Crippen molar-refractivity contribution in [3.63, 3.8) is 0 Å². The molecule has 16 heavy (non-hydrogen) atoms. The summed E-state index contributed by atoms with van der Waals surface area (Å²) >= 11 is 0. The van der Waals surface area contributed by atoms with Crippen molar-refractivity contribution >= 4 is 5.91 Å². The first-order valence-electron chi connectivity index (χ1n) is 5.80. The molecule has 0 radical (unpaired) electrons. The zero-order chi connectivity index (χ0) is 11.9. The molecule has 0 aromatic rings. The van der Waals surface area contributed by atoms with E-state index in [0.717, 1.165) is 12.1 Å². The van der Waals surface area contributed by atoms with Gasteiger partial charge in [0.25, 0.3) is 0 Å². The van der Waals surface area contributed by atoms with Crippen LogP contribution in [-0.2, 0) is 4.79 Å². The van der Waals surface area contributed by atoms with Gasteiger partial charge in [-0.25, -0.2) is 0 Å². The quantitative estimate of drug-likeness (QED) is 0.634. The number of carbonyl (C=O) groups excluding carboxylic acids is 1. The van der Waals surface area contributed by atoms with Crippen molar-refractivity contribution in [1.29, 1.82) is 0 Å². The number of carbonyl (C=O) groups is 1. The van der Waals surface area contributed by atoms with Crippen LogP contribution in [0.15, 0.2) is 23.4 Å². The Balaban J connectivity index is 2.43. The molecule has 0 aromatic heterocycles. The molecule has 1 heterocycles. The normalized spacial score (nSPS) is 34.0. The highest BCUT2D eigenvalue weighted by atomic mass is 16.3. The minimum absolute atomic E-state index is 0.0288. The third-order valence-electron chi connectivity index (χ3n) is 3.67. The van der Waals surface area contributed by atoms with Crippen molar-refractivity contribution in [2.75, 3.05) is 6.54 Å². The third kappa shape index (κ3) is 1.69. The van der Waals surface area contributed by atoms with Crippen LogP contribution in [0, 0.1) is 5.92 Å². The number of likely N-dealkylation sites (tertiary alicyclic amines) is 1. The van der Waals surface area contributed by atoms with E-state index < -0.39 is 5.60 Å². The molecule has 3 nitrogen and oxygen atoms in total. The minimum Gasteiger partial charge on any atom is -0.389 e. The summed E-state index contributed by atoms with van der Waals surface area (Å²) in [5, 5.41) is 10.4. The topological polar surface area (TPSA) is 40.5 Å². The predicted octanol–water partition coefficient (Wildman–Crippen LogP) is 1.84. The van der Waals surface area contributed by atoms with E-state index in [1.807, 2.05) is 24.8 Å². The summed E-state index contributed by atoms with van der Waals surface area (Å²) in [7, 11) is 0. The summed E-state index contributed by atoms with van der Waals surface area (Å²) in [6.07, 6.45) is 5.64. The lowest BCUT2D eigenvalue weighted by Crippen LogP contribution is -2.50. The lowest BCUT2D eigenvalue weighted by atomic mass is 9.76. The first-order chi connectivity index (χ1) is 7.43. The van der Waals surface area contributed by atoms with Crippen LogP contribution < -0.4 is 0 Å². The van der Waals surface area contributed by atoms with E-state index in [2.05, 4.69) is 6.08 Å². The molecule has 1 N–H and O–H groups in total. The van der Waals surface area contributed by atoms with Gasteiger partial charge in [-0.1, -0.05) is 12.2 Å². The summed E-state index contributed by atoms with van der Waals surface area (Å²) in [6, 6.07) is 0. The molecule has 2 atom stereocenters. The predicted molar refractivity (Wildman–Crippen MR) is 62.6 cm³/mol. The zero-order valence-electron chi connectivity index (χ0n) is 10.2. The lowest BCUT2D eigenvalue weighted by Gasteiger charge is -2.45. The molecule has 0 spiro atoms. The fourth-order valence-corrected chi connectivity index (χ4v) is 2.68. The number of hydrogen-bond donors (Lipinski definition) is 1. The van der Waals surface area contributed by atoms with Crippen LogP contribution >= 0.6 is 0 Å². The first-order valence-corrected chi connectivity index (χ1v) is 5.80. The molecule has 2 aliphatic rings. The number of piperidine rings is 1. The number of amides is 1. The van der Waals surface area contributed by atoms with E-state index in [1.165, 1.54) is 5.57 Å². The van der Waals surface area contributed by atoms with Gasteiger partial charge in [-0.05, 0) is 32.3 Å². The van der Waals surface area contributed by atoms with E-state index in [-0.39, 0.29) is 11.8 Å². The van der Waals surface area contributed by atoms with E-state index in [1.54, 1.807) is 6.92 Å². The van der Waals surface area contributed by atoms with Gasteiger partial charge in [-0.2, -0.15) is 0 Å². The second-order valence-electron chi connectivity index (χ2n) is 5.05. The Bertz CT molecular complexity index is 379. The molecule has 1 amide bonds. The molecular weight excluding hydrogens is 202 g/mol. The molecule has 0 aromatic carbocycles. The molecule has 88 valence electrons. The minimum atomic E-state index is -0.723. The summed E-state index contributed by atoms with van der Waals surface area (Å²) < 4.78 is 0. The van der Waals surface area contributed by atoms with Crippen LogP contribution in [0.5, 0.6) is 0 Å². The standard InChI is InChI=1S/C13H19NO2/c1-9-5-4-6-11-12(9)14(10(2)15)8-7-13(11,3)16/h4,6,11,16H,5,7-8H2,1-3H3/t11-,13-/m1/s1. The van der Waals surface area contributed by atoms with Gasteiger partial charge in [0.2, 0.25) is 5.91 Å². The van der Waals surface area contributed by atoms with Crippen molar-refractivity contribution in [1.82, 2.24) is 4.90 Å². The Labute approximate surface area is 96.4 Å².